The lowest BCUT2D eigenvalue weighted by Crippen LogP contribution is -2.21. The molecule has 0 aliphatic rings. The van der Waals surface area contributed by atoms with Gasteiger partial charge in [-0.15, -0.1) is 10.2 Å². The van der Waals surface area contributed by atoms with Gasteiger partial charge in [0.2, 0.25) is 0 Å². The van der Waals surface area contributed by atoms with E-state index in [2.05, 4.69) is 25.7 Å². The zero-order chi connectivity index (χ0) is 23.0. The maximum absolute atomic E-state index is 12.4. The van der Waals surface area contributed by atoms with Crippen LogP contribution in [0.3, 0.4) is 0 Å². The van der Waals surface area contributed by atoms with Crippen molar-refractivity contribution in [3.05, 3.63) is 84.7 Å². The molecule has 0 saturated heterocycles. The van der Waals surface area contributed by atoms with Crippen LogP contribution in [0.25, 0.3) is 17.1 Å². The summed E-state index contributed by atoms with van der Waals surface area (Å²) < 4.78 is 7.19. The van der Waals surface area contributed by atoms with Gasteiger partial charge in [0.1, 0.15) is 5.75 Å². The predicted molar refractivity (Wildman–Crippen MR) is 129 cm³/mol. The van der Waals surface area contributed by atoms with Crippen molar-refractivity contribution >= 4 is 23.4 Å². The van der Waals surface area contributed by atoms with Gasteiger partial charge in [0.25, 0.3) is 5.91 Å². The molecule has 8 nitrogen and oxygen atoms in total. The van der Waals surface area contributed by atoms with Crippen molar-refractivity contribution in [2.45, 2.75) is 12.1 Å². The first-order valence-electron chi connectivity index (χ1n) is 10.2. The predicted octanol–water partition coefficient (Wildman–Crippen LogP) is 3.97. The maximum Gasteiger partial charge on any atom is 0.250 e. The normalized spacial score (nSPS) is 11.3. The van der Waals surface area contributed by atoms with Crippen LogP contribution in [0.1, 0.15) is 12.5 Å². The monoisotopic (exact) mass is 458 g/mol. The minimum Gasteiger partial charge on any atom is -0.497 e. The number of carbonyl (C=O) groups is 1. The number of nitrogens with zero attached hydrogens (tertiary/aromatic N) is 5. The largest absolute Gasteiger partial charge is 0.497 e. The number of methoxy groups -OCH3 is 1. The van der Waals surface area contributed by atoms with Crippen LogP contribution in [0.2, 0.25) is 0 Å². The molecule has 0 bridgehead atoms. The molecule has 0 aliphatic carbocycles. The molecule has 1 amide bonds. The molecule has 0 saturated carbocycles. The molecule has 0 spiro atoms. The number of nitrogens with one attached hydrogen (secondary N) is 1. The molecule has 9 heteroatoms. The SMILES string of the molecule is COc1ccc(-c2nnc(SCC(=O)NN=C(C)c3ccncc3)n2-c2ccccc2)cc1. The van der Waals surface area contributed by atoms with E-state index in [9.17, 15) is 4.79 Å². The third-order valence-corrected chi connectivity index (χ3v) is 5.70. The second kappa shape index (κ2) is 10.6. The summed E-state index contributed by atoms with van der Waals surface area (Å²) in [7, 11) is 1.63. The van der Waals surface area contributed by atoms with Crippen molar-refractivity contribution in [3.8, 4) is 22.8 Å². The number of hydrogen-bond donors (Lipinski definition) is 1. The van der Waals surface area contributed by atoms with E-state index >= 15 is 0 Å². The van der Waals surface area contributed by atoms with Crippen LogP contribution in [0.15, 0.2) is 89.4 Å². The Balaban J connectivity index is 1.52. The summed E-state index contributed by atoms with van der Waals surface area (Å²) in [5.41, 5.74) is 5.99. The highest BCUT2D eigenvalue weighted by Gasteiger charge is 2.17. The molecular formula is C24H22N6O2S. The molecule has 166 valence electrons. The van der Waals surface area contributed by atoms with E-state index in [0.29, 0.717) is 16.7 Å². The minimum absolute atomic E-state index is 0.140. The van der Waals surface area contributed by atoms with Crippen LogP contribution in [0.4, 0.5) is 0 Å². The van der Waals surface area contributed by atoms with Crippen molar-refractivity contribution < 1.29 is 9.53 Å². The van der Waals surface area contributed by atoms with Crippen molar-refractivity contribution in [3.63, 3.8) is 0 Å². The van der Waals surface area contributed by atoms with E-state index in [1.54, 1.807) is 19.5 Å². The fourth-order valence-corrected chi connectivity index (χ4v) is 3.81. The van der Waals surface area contributed by atoms with E-state index in [-0.39, 0.29) is 11.7 Å². The van der Waals surface area contributed by atoms with Crippen LogP contribution in [0, 0.1) is 0 Å². The first kappa shape index (κ1) is 22.2. The average molecular weight is 459 g/mol. The highest BCUT2D eigenvalue weighted by Crippen LogP contribution is 2.28. The van der Waals surface area contributed by atoms with E-state index in [4.69, 9.17) is 4.74 Å². The Bertz CT molecular complexity index is 1240. The van der Waals surface area contributed by atoms with Crippen LogP contribution in [0.5, 0.6) is 5.75 Å². The van der Waals surface area contributed by atoms with Crippen molar-refractivity contribution in [1.29, 1.82) is 0 Å². The summed E-state index contributed by atoms with van der Waals surface area (Å²) >= 11 is 1.29. The molecule has 0 aliphatic heterocycles. The van der Waals surface area contributed by atoms with E-state index < -0.39 is 0 Å². The number of ether oxygens (including phenoxy) is 1. The molecular weight excluding hydrogens is 436 g/mol. The summed E-state index contributed by atoms with van der Waals surface area (Å²) in [5, 5.41) is 13.5. The lowest BCUT2D eigenvalue weighted by atomic mass is 10.2. The average Bonchev–Trinajstić information content (AvgIpc) is 3.31. The third kappa shape index (κ3) is 5.45. The Morgan fingerprint density at radius 2 is 1.76 bits per heavy atom. The van der Waals surface area contributed by atoms with Crippen LogP contribution >= 0.6 is 11.8 Å². The molecule has 4 aromatic rings. The molecule has 33 heavy (non-hydrogen) atoms. The first-order valence-corrected chi connectivity index (χ1v) is 11.2. The summed E-state index contributed by atoms with van der Waals surface area (Å²) in [6.07, 6.45) is 3.37. The Morgan fingerprint density at radius 3 is 2.45 bits per heavy atom. The van der Waals surface area contributed by atoms with Gasteiger partial charge in [0.15, 0.2) is 11.0 Å². The number of thioether (sulfide) groups is 1. The topological polar surface area (TPSA) is 94.3 Å². The zero-order valence-electron chi connectivity index (χ0n) is 18.2. The Morgan fingerprint density at radius 1 is 1.03 bits per heavy atom. The molecule has 0 atom stereocenters. The number of benzene rings is 2. The summed E-state index contributed by atoms with van der Waals surface area (Å²) in [5.74, 6) is 1.35. The third-order valence-electron chi connectivity index (χ3n) is 4.77. The fraction of sp³-hybridized carbons (Fsp3) is 0.125. The number of carbonyl (C=O) groups excluding carboxylic acids is 1. The second-order valence-corrected chi connectivity index (χ2v) is 7.90. The van der Waals surface area contributed by atoms with Crippen molar-refractivity contribution in [2.75, 3.05) is 12.9 Å². The van der Waals surface area contributed by atoms with Gasteiger partial charge < -0.3 is 4.74 Å². The molecule has 4 rings (SSSR count). The van der Waals surface area contributed by atoms with Gasteiger partial charge in [0, 0.05) is 29.2 Å². The summed E-state index contributed by atoms with van der Waals surface area (Å²) in [6.45, 7) is 1.83. The van der Waals surface area contributed by atoms with E-state index in [1.165, 1.54) is 11.8 Å². The quantitative estimate of drug-likeness (QED) is 0.244. The van der Waals surface area contributed by atoms with Gasteiger partial charge in [-0.05, 0) is 55.5 Å². The molecule has 2 aromatic heterocycles. The second-order valence-electron chi connectivity index (χ2n) is 6.96. The molecule has 0 radical (unpaired) electrons. The number of rotatable bonds is 8. The molecule has 2 aromatic carbocycles. The summed E-state index contributed by atoms with van der Waals surface area (Å²) in [6, 6.07) is 21.1. The Labute approximate surface area is 195 Å². The molecule has 2 heterocycles. The van der Waals surface area contributed by atoms with Gasteiger partial charge in [-0.2, -0.15) is 5.10 Å². The zero-order valence-corrected chi connectivity index (χ0v) is 19.0. The van der Waals surface area contributed by atoms with E-state index in [0.717, 1.165) is 22.6 Å². The Hall–Kier alpha value is -3.98. The van der Waals surface area contributed by atoms with Gasteiger partial charge in [-0.1, -0.05) is 30.0 Å². The number of aromatic nitrogens is 4. The van der Waals surface area contributed by atoms with Gasteiger partial charge in [-0.25, -0.2) is 5.43 Å². The van der Waals surface area contributed by atoms with Crippen LogP contribution < -0.4 is 10.2 Å². The number of para-hydroxylation sites is 1. The number of pyridine rings is 1. The van der Waals surface area contributed by atoms with Crippen LogP contribution in [-0.2, 0) is 4.79 Å². The smallest absolute Gasteiger partial charge is 0.250 e. The maximum atomic E-state index is 12.4. The van der Waals surface area contributed by atoms with Crippen molar-refractivity contribution in [2.24, 2.45) is 5.10 Å². The first-order chi connectivity index (χ1) is 16.2. The molecule has 0 fully saturated rings. The highest BCUT2D eigenvalue weighted by molar-refractivity contribution is 7.99. The van der Waals surface area contributed by atoms with E-state index in [1.807, 2.05) is 78.2 Å². The number of hydrazone groups is 1. The van der Waals surface area contributed by atoms with Crippen molar-refractivity contribution in [1.82, 2.24) is 25.2 Å². The lowest BCUT2D eigenvalue weighted by molar-refractivity contribution is -0.118. The van der Waals surface area contributed by atoms with Gasteiger partial charge in [-0.3, -0.25) is 14.3 Å². The number of hydrogen-bond acceptors (Lipinski definition) is 7. The minimum atomic E-state index is -0.234. The standard InChI is InChI=1S/C24H22N6O2S/c1-17(18-12-14-25-15-13-18)26-27-22(31)16-33-24-29-28-23(19-8-10-21(32-2)11-9-19)30(24)20-6-4-3-5-7-20/h3-15H,16H2,1-2H3,(H,27,31). The van der Waals surface area contributed by atoms with Gasteiger partial charge >= 0.3 is 0 Å². The summed E-state index contributed by atoms with van der Waals surface area (Å²) in [4.78, 5) is 16.4. The van der Waals surface area contributed by atoms with Gasteiger partial charge in [0.05, 0.1) is 18.6 Å². The lowest BCUT2D eigenvalue weighted by Gasteiger charge is -2.10. The molecule has 0 unspecified atom stereocenters. The highest BCUT2D eigenvalue weighted by atomic mass is 32.2. The fourth-order valence-electron chi connectivity index (χ4n) is 3.07. The molecule has 1 N–H and O–H groups in total. The number of amides is 1. The van der Waals surface area contributed by atoms with Crippen LogP contribution in [-0.4, -0.2) is 44.2 Å². The Kier molecular flexibility index (Phi) is 7.11.